The average Bonchev–Trinajstić information content (AvgIpc) is 3.45. The van der Waals surface area contributed by atoms with Crippen LogP contribution in [0, 0.1) is 12.8 Å². The molecule has 0 amide bonds. The Labute approximate surface area is 222 Å². The summed E-state index contributed by atoms with van der Waals surface area (Å²) in [5, 5.41) is 1.76. The van der Waals surface area contributed by atoms with Crippen molar-refractivity contribution in [3.05, 3.63) is 94.3 Å². The van der Waals surface area contributed by atoms with Gasteiger partial charge in [0.1, 0.15) is 11.5 Å². The Kier molecular flexibility index (Phi) is 7.66. The molecule has 5 rings (SSSR count). The number of hydrogen-bond donors (Lipinski definition) is 0. The lowest BCUT2D eigenvalue weighted by molar-refractivity contribution is 0.259. The highest BCUT2D eigenvalue weighted by atomic mass is 35.5. The Morgan fingerprint density at radius 2 is 1.86 bits per heavy atom. The third-order valence-electron chi connectivity index (χ3n) is 6.71. The highest BCUT2D eigenvalue weighted by Gasteiger charge is 2.20. The number of fused-ring (bicyclic) bond motifs is 1. The molecule has 5 heteroatoms. The number of aryl methyl sites for hydroxylation is 1. The van der Waals surface area contributed by atoms with Gasteiger partial charge in [0.2, 0.25) is 0 Å². The fraction of sp³-hybridized carbons (Fsp3) is 0.290. The number of ether oxygens (including phenoxy) is 2. The van der Waals surface area contributed by atoms with Crippen LogP contribution in [0.15, 0.2) is 73.3 Å². The molecular weight excluding hydrogens is 486 g/mol. The summed E-state index contributed by atoms with van der Waals surface area (Å²) in [5.74, 6) is 3.27. The molecule has 0 spiro atoms. The smallest absolute Gasteiger partial charge is 0.153 e. The van der Waals surface area contributed by atoms with E-state index in [9.17, 15) is 0 Å². The molecule has 0 aliphatic carbocycles. The fourth-order valence-corrected chi connectivity index (χ4v) is 6.20. The second kappa shape index (κ2) is 11.1. The van der Waals surface area contributed by atoms with Crippen molar-refractivity contribution >= 4 is 38.6 Å². The summed E-state index contributed by atoms with van der Waals surface area (Å²) < 4.78 is 13.6. The van der Waals surface area contributed by atoms with E-state index in [4.69, 9.17) is 21.1 Å². The molecule has 1 aromatic heterocycles. The zero-order valence-corrected chi connectivity index (χ0v) is 22.5. The Morgan fingerprint density at radius 1 is 1.08 bits per heavy atom. The molecule has 4 aromatic rings. The van der Waals surface area contributed by atoms with Crippen molar-refractivity contribution in [2.45, 2.75) is 26.7 Å². The minimum Gasteiger partial charge on any atom is -0.494 e. The molecule has 36 heavy (non-hydrogen) atoms. The van der Waals surface area contributed by atoms with E-state index in [1.807, 2.05) is 48.5 Å². The Hall–Kier alpha value is -2.79. The molecule has 1 atom stereocenters. The van der Waals surface area contributed by atoms with Gasteiger partial charge in [-0.2, -0.15) is 0 Å². The predicted octanol–water partition coefficient (Wildman–Crippen LogP) is 8.83. The third-order valence-corrected chi connectivity index (χ3v) is 8.24. The van der Waals surface area contributed by atoms with Gasteiger partial charge in [-0.25, -0.2) is 0 Å². The van der Waals surface area contributed by atoms with Crippen molar-refractivity contribution in [1.82, 2.24) is 4.90 Å². The summed E-state index contributed by atoms with van der Waals surface area (Å²) >= 11 is 8.19. The lowest BCUT2D eigenvalue weighted by Gasteiger charge is -2.15. The zero-order chi connectivity index (χ0) is 25.1. The normalized spacial score (nSPS) is 15.9. The average molecular weight is 518 g/mol. The zero-order valence-electron chi connectivity index (χ0n) is 20.9. The molecule has 186 valence electrons. The lowest BCUT2D eigenvalue weighted by Crippen LogP contribution is -2.22. The van der Waals surface area contributed by atoms with Gasteiger partial charge in [-0.15, -0.1) is 11.3 Å². The van der Waals surface area contributed by atoms with Crippen LogP contribution < -0.4 is 9.47 Å². The van der Waals surface area contributed by atoms with Crippen molar-refractivity contribution in [2.24, 2.45) is 5.92 Å². The van der Waals surface area contributed by atoms with E-state index in [1.54, 1.807) is 11.3 Å². The van der Waals surface area contributed by atoms with Gasteiger partial charge < -0.3 is 14.4 Å². The maximum atomic E-state index is 6.50. The number of halogens is 1. The SMILES string of the molecule is C=C(c1ccccc1Cl)c1sc2cc(C)ccc2c1Oc1ccc(OCCCN2CC[C@@H](C)C2)cc1. The van der Waals surface area contributed by atoms with E-state index in [1.165, 1.54) is 29.8 Å². The maximum absolute atomic E-state index is 6.50. The molecule has 0 bridgehead atoms. The van der Waals surface area contributed by atoms with Crippen LogP contribution in [0.1, 0.15) is 35.8 Å². The largest absolute Gasteiger partial charge is 0.494 e. The molecule has 1 saturated heterocycles. The number of thiophene rings is 1. The topological polar surface area (TPSA) is 21.7 Å². The monoisotopic (exact) mass is 517 g/mol. The molecule has 1 aliphatic rings. The predicted molar refractivity (Wildman–Crippen MR) is 153 cm³/mol. The van der Waals surface area contributed by atoms with Crippen LogP contribution in [0.3, 0.4) is 0 Å². The number of likely N-dealkylation sites (tertiary alicyclic amines) is 1. The summed E-state index contributed by atoms with van der Waals surface area (Å²) in [6, 6.07) is 22.1. The standard InChI is InChI=1S/C31H32ClNO2S/c1-21-9-14-27-29(19-21)36-31(23(3)26-7-4-5-8-28(26)32)30(27)35-25-12-10-24(11-13-25)34-18-6-16-33-17-15-22(2)20-33/h4-5,7-14,19,22H,3,6,15-18,20H2,1-2H3/t22-/m1/s1. The first-order valence-corrected chi connectivity index (χ1v) is 13.8. The van der Waals surface area contributed by atoms with E-state index in [-0.39, 0.29) is 0 Å². The van der Waals surface area contributed by atoms with E-state index in [0.717, 1.165) is 64.1 Å². The van der Waals surface area contributed by atoms with Crippen molar-refractivity contribution in [1.29, 1.82) is 0 Å². The van der Waals surface area contributed by atoms with Crippen LogP contribution in [-0.4, -0.2) is 31.1 Å². The number of nitrogens with zero attached hydrogens (tertiary/aromatic N) is 1. The molecule has 0 N–H and O–H groups in total. The van der Waals surface area contributed by atoms with Gasteiger partial charge >= 0.3 is 0 Å². The Bertz CT molecular complexity index is 1360. The van der Waals surface area contributed by atoms with Gasteiger partial charge in [0.25, 0.3) is 0 Å². The van der Waals surface area contributed by atoms with Crippen LogP contribution >= 0.6 is 22.9 Å². The van der Waals surface area contributed by atoms with Gasteiger partial charge in [-0.3, -0.25) is 0 Å². The first kappa shape index (κ1) is 24.9. The minimum atomic E-state index is 0.683. The first-order chi connectivity index (χ1) is 17.5. The second-order valence-corrected chi connectivity index (χ2v) is 11.1. The van der Waals surface area contributed by atoms with E-state index >= 15 is 0 Å². The molecule has 0 radical (unpaired) electrons. The van der Waals surface area contributed by atoms with Crippen molar-refractivity contribution in [3.63, 3.8) is 0 Å². The van der Waals surface area contributed by atoms with Gasteiger partial charge in [-0.1, -0.05) is 49.4 Å². The Morgan fingerprint density at radius 3 is 2.61 bits per heavy atom. The number of benzene rings is 3. The summed E-state index contributed by atoms with van der Waals surface area (Å²) in [7, 11) is 0. The van der Waals surface area contributed by atoms with Crippen LogP contribution in [0.2, 0.25) is 5.02 Å². The van der Waals surface area contributed by atoms with Gasteiger partial charge in [-0.05, 0) is 85.8 Å². The van der Waals surface area contributed by atoms with Crippen LogP contribution in [0.5, 0.6) is 17.2 Å². The Balaban J connectivity index is 1.31. The number of hydrogen-bond acceptors (Lipinski definition) is 4. The van der Waals surface area contributed by atoms with Crippen molar-refractivity contribution in [2.75, 3.05) is 26.2 Å². The summed E-state index contributed by atoms with van der Waals surface area (Å²) in [5.41, 5.74) is 2.99. The highest BCUT2D eigenvalue weighted by Crippen LogP contribution is 2.46. The first-order valence-electron chi connectivity index (χ1n) is 12.6. The van der Waals surface area contributed by atoms with Crippen molar-refractivity contribution < 1.29 is 9.47 Å². The van der Waals surface area contributed by atoms with E-state index in [2.05, 4.69) is 43.5 Å². The molecule has 0 saturated carbocycles. The van der Waals surface area contributed by atoms with Crippen LogP contribution in [0.25, 0.3) is 15.7 Å². The highest BCUT2D eigenvalue weighted by molar-refractivity contribution is 7.20. The third kappa shape index (κ3) is 5.62. The minimum absolute atomic E-state index is 0.683. The molecular formula is C31H32ClNO2S. The molecule has 3 aromatic carbocycles. The number of rotatable bonds is 9. The van der Waals surface area contributed by atoms with E-state index in [0.29, 0.717) is 5.02 Å². The lowest BCUT2D eigenvalue weighted by atomic mass is 10.0. The van der Waals surface area contributed by atoms with E-state index < -0.39 is 0 Å². The fourth-order valence-electron chi connectivity index (χ4n) is 4.74. The molecule has 3 nitrogen and oxygen atoms in total. The molecule has 2 heterocycles. The molecule has 1 aliphatic heterocycles. The summed E-state index contributed by atoms with van der Waals surface area (Å²) in [4.78, 5) is 3.52. The summed E-state index contributed by atoms with van der Waals surface area (Å²) in [6.07, 6.45) is 2.35. The summed E-state index contributed by atoms with van der Waals surface area (Å²) in [6.45, 7) is 13.1. The quantitative estimate of drug-likeness (QED) is 0.207. The van der Waals surface area contributed by atoms with Gasteiger partial charge in [0.15, 0.2) is 5.75 Å². The second-order valence-electron chi connectivity index (χ2n) is 9.69. The maximum Gasteiger partial charge on any atom is 0.153 e. The van der Waals surface area contributed by atoms with Crippen LogP contribution in [-0.2, 0) is 0 Å². The molecule has 1 fully saturated rings. The van der Waals surface area contributed by atoms with Gasteiger partial charge in [0.05, 0.1) is 11.5 Å². The van der Waals surface area contributed by atoms with Crippen molar-refractivity contribution in [3.8, 4) is 17.2 Å². The molecule has 0 unspecified atom stereocenters. The van der Waals surface area contributed by atoms with Gasteiger partial charge in [0, 0.05) is 33.8 Å². The van der Waals surface area contributed by atoms with Crippen LogP contribution in [0.4, 0.5) is 0 Å².